The third-order valence-electron chi connectivity index (χ3n) is 5.70. The monoisotopic (exact) mass is 356 g/mol. The van der Waals surface area contributed by atoms with Crippen LogP contribution in [0.4, 0.5) is 14.5 Å². The van der Waals surface area contributed by atoms with Gasteiger partial charge in [0.1, 0.15) is 11.6 Å². The first-order chi connectivity index (χ1) is 12.6. The van der Waals surface area contributed by atoms with E-state index in [1.807, 2.05) is 0 Å². The van der Waals surface area contributed by atoms with Gasteiger partial charge < -0.3 is 10.6 Å². The highest BCUT2D eigenvalue weighted by atomic mass is 19.1. The van der Waals surface area contributed by atoms with Crippen LogP contribution in [0.2, 0.25) is 0 Å². The van der Waals surface area contributed by atoms with E-state index in [2.05, 4.69) is 10.6 Å². The van der Waals surface area contributed by atoms with E-state index in [9.17, 15) is 13.6 Å². The van der Waals surface area contributed by atoms with Gasteiger partial charge in [0.25, 0.3) is 0 Å². The maximum absolute atomic E-state index is 13.4. The van der Waals surface area contributed by atoms with Crippen molar-refractivity contribution in [1.29, 1.82) is 0 Å². The van der Waals surface area contributed by atoms with E-state index in [-0.39, 0.29) is 11.3 Å². The number of halogens is 2. The average Bonchev–Trinajstić information content (AvgIpc) is 3.44. The summed E-state index contributed by atoms with van der Waals surface area (Å²) in [6.45, 7) is 1.97. The fraction of sp³-hybridized carbons (Fsp3) is 0.381. The molecule has 4 rings (SSSR count). The van der Waals surface area contributed by atoms with Gasteiger partial charge in [0.15, 0.2) is 0 Å². The second-order valence-electron chi connectivity index (χ2n) is 7.37. The molecule has 26 heavy (non-hydrogen) atoms. The SMILES string of the molecule is O=C(Nc1ccc(-c2cc(F)cc(F)c2)cc1)C1(C2CCNCC2)CC1. The van der Waals surface area contributed by atoms with Crippen LogP contribution in [0.25, 0.3) is 11.1 Å². The van der Waals surface area contributed by atoms with Crippen molar-refractivity contribution in [3.8, 4) is 11.1 Å². The number of anilines is 1. The van der Waals surface area contributed by atoms with Gasteiger partial charge in [-0.1, -0.05) is 12.1 Å². The lowest BCUT2D eigenvalue weighted by Gasteiger charge is -2.30. The van der Waals surface area contributed by atoms with E-state index < -0.39 is 11.6 Å². The number of carbonyl (C=O) groups is 1. The molecule has 136 valence electrons. The van der Waals surface area contributed by atoms with E-state index in [0.29, 0.717) is 17.0 Å². The third-order valence-corrected chi connectivity index (χ3v) is 5.70. The molecule has 1 aliphatic carbocycles. The van der Waals surface area contributed by atoms with Crippen molar-refractivity contribution in [1.82, 2.24) is 5.32 Å². The number of hydrogen-bond acceptors (Lipinski definition) is 2. The Morgan fingerprint density at radius 3 is 2.15 bits per heavy atom. The number of rotatable bonds is 4. The Morgan fingerprint density at radius 2 is 1.58 bits per heavy atom. The third kappa shape index (κ3) is 3.36. The zero-order chi connectivity index (χ0) is 18.1. The van der Waals surface area contributed by atoms with E-state index >= 15 is 0 Å². The molecular weight excluding hydrogens is 334 g/mol. The van der Waals surface area contributed by atoms with Crippen molar-refractivity contribution in [3.05, 3.63) is 54.1 Å². The second-order valence-corrected chi connectivity index (χ2v) is 7.37. The van der Waals surface area contributed by atoms with E-state index in [4.69, 9.17) is 0 Å². The summed E-state index contributed by atoms with van der Waals surface area (Å²) in [6.07, 6.45) is 4.03. The predicted molar refractivity (Wildman–Crippen MR) is 97.7 cm³/mol. The molecule has 1 aliphatic heterocycles. The van der Waals surface area contributed by atoms with Crippen molar-refractivity contribution in [3.63, 3.8) is 0 Å². The number of piperidine rings is 1. The van der Waals surface area contributed by atoms with Crippen molar-refractivity contribution in [2.75, 3.05) is 18.4 Å². The summed E-state index contributed by atoms with van der Waals surface area (Å²) in [7, 11) is 0. The van der Waals surface area contributed by atoms with Gasteiger partial charge in [0.05, 0.1) is 5.41 Å². The minimum absolute atomic E-state index is 0.106. The fourth-order valence-corrected chi connectivity index (χ4v) is 4.05. The Balaban J connectivity index is 1.46. The molecule has 0 spiro atoms. The lowest BCUT2D eigenvalue weighted by atomic mass is 9.81. The summed E-state index contributed by atoms with van der Waals surface area (Å²) in [5, 5.41) is 6.38. The van der Waals surface area contributed by atoms with Gasteiger partial charge in [-0.3, -0.25) is 4.79 Å². The summed E-state index contributed by atoms with van der Waals surface area (Å²) < 4.78 is 26.8. The molecule has 2 fully saturated rings. The molecule has 1 saturated heterocycles. The van der Waals surface area contributed by atoms with Gasteiger partial charge in [0, 0.05) is 11.8 Å². The molecule has 5 heteroatoms. The summed E-state index contributed by atoms with van der Waals surface area (Å²) >= 11 is 0. The zero-order valence-electron chi connectivity index (χ0n) is 14.5. The lowest BCUT2D eigenvalue weighted by molar-refractivity contribution is -0.123. The first-order valence-corrected chi connectivity index (χ1v) is 9.15. The van der Waals surface area contributed by atoms with Crippen LogP contribution < -0.4 is 10.6 Å². The minimum Gasteiger partial charge on any atom is -0.326 e. The molecule has 2 aromatic rings. The number of benzene rings is 2. The maximum Gasteiger partial charge on any atom is 0.230 e. The first-order valence-electron chi connectivity index (χ1n) is 9.15. The van der Waals surface area contributed by atoms with E-state index in [1.54, 1.807) is 24.3 Å². The van der Waals surface area contributed by atoms with Gasteiger partial charge in [0.2, 0.25) is 5.91 Å². The van der Waals surface area contributed by atoms with Crippen LogP contribution in [0.3, 0.4) is 0 Å². The molecule has 2 aliphatic rings. The molecule has 0 unspecified atom stereocenters. The molecule has 3 nitrogen and oxygen atoms in total. The highest BCUT2D eigenvalue weighted by Gasteiger charge is 2.55. The fourth-order valence-electron chi connectivity index (χ4n) is 4.05. The topological polar surface area (TPSA) is 41.1 Å². The summed E-state index contributed by atoms with van der Waals surface area (Å²) in [5.41, 5.74) is 1.71. The van der Waals surface area contributed by atoms with Gasteiger partial charge >= 0.3 is 0 Å². The molecule has 1 amide bonds. The molecule has 0 bridgehead atoms. The maximum atomic E-state index is 13.4. The van der Waals surface area contributed by atoms with Gasteiger partial charge in [-0.2, -0.15) is 0 Å². The van der Waals surface area contributed by atoms with Gasteiger partial charge in [-0.05, 0) is 80.1 Å². The number of hydrogen-bond donors (Lipinski definition) is 2. The van der Waals surface area contributed by atoms with Gasteiger partial charge in [-0.25, -0.2) is 8.78 Å². The highest BCUT2D eigenvalue weighted by molar-refractivity contribution is 5.97. The molecule has 1 saturated carbocycles. The van der Waals surface area contributed by atoms with Crippen molar-refractivity contribution in [2.24, 2.45) is 11.3 Å². The van der Waals surface area contributed by atoms with Crippen LogP contribution in [0, 0.1) is 23.0 Å². The van der Waals surface area contributed by atoms with E-state index in [1.165, 1.54) is 12.1 Å². The molecule has 0 aromatic heterocycles. The van der Waals surface area contributed by atoms with Crippen molar-refractivity contribution in [2.45, 2.75) is 25.7 Å². The standard InChI is InChI=1S/C21H22F2N2O/c22-17-11-15(12-18(23)13-17)14-1-3-19(4-2-14)25-20(26)21(7-8-21)16-5-9-24-10-6-16/h1-4,11-13,16,24H,5-10H2,(H,25,26). The van der Waals surface area contributed by atoms with Crippen molar-refractivity contribution >= 4 is 11.6 Å². The van der Waals surface area contributed by atoms with Crippen LogP contribution >= 0.6 is 0 Å². The molecule has 2 N–H and O–H groups in total. The lowest BCUT2D eigenvalue weighted by Crippen LogP contribution is -2.38. The van der Waals surface area contributed by atoms with Gasteiger partial charge in [-0.15, -0.1) is 0 Å². The molecule has 0 radical (unpaired) electrons. The molecule has 0 atom stereocenters. The first kappa shape index (κ1) is 17.2. The second kappa shape index (κ2) is 6.80. The smallest absolute Gasteiger partial charge is 0.230 e. The average molecular weight is 356 g/mol. The quantitative estimate of drug-likeness (QED) is 0.855. The highest BCUT2D eigenvalue weighted by Crippen LogP contribution is 2.55. The summed E-state index contributed by atoms with van der Waals surface area (Å²) in [6, 6.07) is 10.6. The predicted octanol–water partition coefficient (Wildman–Crippen LogP) is 4.35. The number of amides is 1. The molecular formula is C21H22F2N2O. The van der Waals surface area contributed by atoms with Crippen LogP contribution in [0.15, 0.2) is 42.5 Å². The van der Waals surface area contributed by atoms with Crippen LogP contribution in [0.1, 0.15) is 25.7 Å². The molecule has 2 aromatic carbocycles. The summed E-state index contributed by atoms with van der Waals surface area (Å²) in [5.74, 6) is -0.641. The largest absolute Gasteiger partial charge is 0.326 e. The summed E-state index contributed by atoms with van der Waals surface area (Å²) in [4.78, 5) is 12.8. The Kier molecular flexibility index (Phi) is 4.49. The Morgan fingerprint density at radius 1 is 0.962 bits per heavy atom. The number of nitrogens with one attached hydrogen (secondary N) is 2. The van der Waals surface area contributed by atoms with Crippen molar-refractivity contribution < 1.29 is 13.6 Å². The normalized spacial score (nSPS) is 19.2. The Hall–Kier alpha value is -2.27. The minimum atomic E-state index is -0.602. The Bertz CT molecular complexity index is 789. The van der Waals surface area contributed by atoms with Crippen LogP contribution in [-0.2, 0) is 4.79 Å². The van der Waals surface area contributed by atoms with Crippen LogP contribution in [0.5, 0.6) is 0 Å². The zero-order valence-corrected chi connectivity index (χ0v) is 14.5. The number of carbonyl (C=O) groups excluding carboxylic acids is 1. The van der Waals surface area contributed by atoms with E-state index in [0.717, 1.165) is 50.5 Å². The van der Waals surface area contributed by atoms with Crippen LogP contribution in [-0.4, -0.2) is 19.0 Å². The molecule has 1 heterocycles. The Labute approximate surface area is 151 Å².